The van der Waals surface area contributed by atoms with Crippen molar-refractivity contribution in [3.05, 3.63) is 29.8 Å². The van der Waals surface area contributed by atoms with E-state index in [9.17, 15) is 9.59 Å². The Morgan fingerprint density at radius 3 is 2.39 bits per heavy atom. The van der Waals surface area contributed by atoms with E-state index in [2.05, 4.69) is 17.6 Å². The minimum Gasteiger partial charge on any atom is -0.478 e. The Morgan fingerprint density at radius 1 is 1.28 bits per heavy atom. The van der Waals surface area contributed by atoms with E-state index in [1.165, 1.54) is 12.1 Å². The normalized spacial score (nSPS) is 11.7. The second kappa shape index (κ2) is 6.64. The van der Waals surface area contributed by atoms with Gasteiger partial charge in [0.15, 0.2) is 0 Å². The predicted molar refractivity (Wildman–Crippen MR) is 69.9 cm³/mol. The summed E-state index contributed by atoms with van der Waals surface area (Å²) in [6.07, 6.45) is 1.93. The van der Waals surface area contributed by atoms with E-state index < -0.39 is 5.97 Å². The number of benzene rings is 1. The maximum atomic E-state index is 11.6. The van der Waals surface area contributed by atoms with E-state index in [4.69, 9.17) is 5.11 Å². The van der Waals surface area contributed by atoms with Crippen molar-refractivity contribution in [1.29, 1.82) is 0 Å². The van der Waals surface area contributed by atoms with Gasteiger partial charge >= 0.3 is 12.0 Å². The van der Waals surface area contributed by atoms with Gasteiger partial charge in [0.25, 0.3) is 0 Å². The Bertz CT molecular complexity index is 415. The maximum absolute atomic E-state index is 11.6. The number of carbonyl (C=O) groups excluding carboxylic acids is 1. The Hall–Kier alpha value is -2.04. The average Bonchev–Trinajstić information content (AvgIpc) is 2.29. The Balaban J connectivity index is 2.51. The summed E-state index contributed by atoms with van der Waals surface area (Å²) in [5.41, 5.74) is 0.765. The molecule has 0 bridgehead atoms. The molecule has 3 N–H and O–H groups in total. The van der Waals surface area contributed by atoms with E-state index in [-0.39, 0.29) is 17.6 Å². The molecule has 1 aromatic carbocycles. The quantitative estimate of drug-likeness (QED) is 0.751. The first-order valence-corrected chi connectivity index (χ1v) is 5.93. The highest BCUT2D eigenvalue weighted by molar-refractivity contribution is 5.91. The summed E-state index contributed by atoms with van der Waals surface area (Å²) in [5, 5.41) is 14.2. The van der Waals surface area contributed by atoms with Gasteiger partial charge in [-0.3, -0.25) is 0 Å². The SMILES string of the molecule is CCCC(C)NC(=O)Nc1ccc(C(=O)O)cc1. The molecule has 0 aromatic heterocycles. The summed E-state index contributed by atoms with van der Waals surface area (Å²) < 4.78 is 0. The van der Waals surface area contributed by atoms with Gasteiger partial charge in [-0.15, -0.1) is 0 Å². The summed E-state index contributed by atoms with van der Waals surface area (Å²) in [4.78, 5) is 22.2. The number of aromatic carboxylic acids is 1. The van der Waals surface area contributed by atoms with Crippen LogP contribution in [-0.2, 0) is 0 Å². The van der Waals surface area contributed by atoms with Crippen LogP contribution in [0.5, 0.6) is 0 Å². The fraction of sp³-hybridized carbons (Fsp3) is 0.385. The number of nitrogens with one attached hydrogen (secondary N) is 2. The minimum atomic E-state index is -0.984. The fourth-order valence-corrected chi connectivity index (χ4v) is 1.59. The molecule has 0 fully saturated rings. The van der Waals surface area contributed by atoms with Crippen molar-refractivity contribution in [2.75, 3.05) is 5.32 Å². The van der Waals surface area contributed by atoms with Gasteiger partial charge in [0.05, 0.1) is 5.56 Å². The van der Waals surface area contributed by atoms with E-state index in [1.54, 1.807) is 12.1 Å². The first-order valence-electron chi connectivity index (χ1n) is 5.93. The van der Waals surface area contributed by atoms with E-state index >= 15 is 0 Å². The smallest absolute Gasteiger partial charge is 0.335 e. The van der Waals surface area contributed by atoms with E-state index in [0.717, 1.165) is 12.8 Å². The standard InChI is InChI=1S/C13H18N2O3/c1-3-4-9(2)14-13(18)15-11-7-5-10(6-8-11)12(16)17/h5-9H,3-4H2,1-2H3,(H,16,17)(H2,14,15,18). The van der Waals surface area contributed by atoms with Crippen LogP contribution in [0.4, 0.5) is 10.5 Å². The summed E-state index contributed by atoms with van der Waals surface area (Å²) in [5.74, 6) is -0.984. The van der Waals surface area contributed by atoms with Crippen molar-refractivity contribution < 1.29 is 14.7 Å². The fourth-order valence-electron chi connectivity index (χ4n) is 1.59. The Morgan fingerprint density at radius 2 is 1.89 bits per heavy atom. The van der Waals surface area contributed by atoms with Crippen molar-refractivity contribution >= 4 is 17.7 Å². The van der Waals surface area contributed by atoms with Gasteiger partial charge in [0, 0.05) is 11.7 Å². The lowest BCUT2D eigenvalue weighted by Crippen LogP contribution is -2.35. The van der Waals surface area contributed by atoms with Gasteiger partial charge in [0.2, 0.25) is 0 Å². The van der Waals surface area contributed by atoms with Gasteiger partial charge in [-0.1, -0.05) is 13.3 Å². The van der Waals surface area contributed by atoms with Crippen molar-refractivity contribution in [3.63, 3.8) is 0 Å². The van der Waals surface area contributed by atoms with Crippen LogP contribution in [0, 0.1) is 0 Å². The molecule has 0 aliphatic heterocycles. The molecule has 1 rings (SSSR count). The van der Waals surface area contributed by atoms with Crippen molar-refractivity contribution in [1.82, 2.24) is 5.32 Å². The number of amides is 2. The first-order chi connectivity index (χ1) is 8.52. The molecule has 1 aromatic rings. The number of hydrogen-bond donors (Lipinski definition) is 3. The lowest BCUT2D eigenvalue weighted by Gasteiger charge is -2.13. The molecule has 5 nitrogen and oxygen atoms in total. The predicted octanol–water partition coefficient (Wildman–Crippen LogP) is 2.69. The second-order valence-corrected chi connectivity index (χ2v) is 4.17. The summed E-state index contributed by atoms with van der Waals surface area (Å²) in [6.45, 7) is 4.00. The highest BCUT2D eigenvalue weighted by atomic mass is 16.4. The third-order valence-electron chi connectivity index (χ3n) is 2.49. The molecule has 0 aliphatic rings. The number of rotatable bonds is 5. The molecule has 0 saturated carbocycles. The van der Waals surface area contributed by atoms with Crippen LogP contribution in [0.15, 0.2) is 24.3 Å². The molecule has 1 unspecified atom stereocenters. The third kappa shape index (κ3) is 4.45. The summed E-state index contributed by atoms with van der Waals surface area (Å²) in [6, 6.07) is 5.87. The van der Waals surface area contributed by atoms with Crippen LogP contribution in [0.1, 0.15) is 37.0 Å². The molecule has 0 aliphatic carbocycles. The molecule has 2 amide bonds. The van der Waals surface area contributed by atoms with Crippen LogP contribution < -0.4 is 10.6 Å². The van der Waals surface area contributed by atoms with Gasteiger partial charge in [0.1, 0.15) is 0 Å². The zero-order valence-electron chi connectivity index (χ0n) is 10.6. The summed E-state index contributed by atoms with van der Waals surface area (Å²) >= 11 is 0. The molecule has 1 atom stereocenters. The first kappa shape index (κ1) is 14.0. The lowest BCUT2D eigenvalue weighted by molar-refractivity contribution is 0.0697. The van der Waals surface area contributed by atoms with Gasteiger partial charge < -0.3 is 15.7 Å². The van der Waals surface area contributed by atoms with Gasteiger partial charge in [-0.25, -0.2) is 9.59 Å². The highest BCUT2D eigenvalue weighted by Crippen LogP contribution is 2.09. The van der Waals surface area contributed by atoms with Gasteiger partial charge in [-0.2, -0.15) is 0 Å². The largest absolute Gasteiger partial charge is 0.478 e. The highest BCUT2D eigenvalue weighted by Gasteiger charge is 2.07. The molecule has 0 heterocycles. The Kier molecular flexibility index (Phi) is 5.17. The number of carboxylic acid groups (broad SMARTS) is 1. The van der Waals surface area contributed by atoms with Crippen LogP contribution >= 0.6 is 0 Å². The van der Waals surface area contributed by atoms with Crippen LogP contribution in [0.2, 0.25) is 0 Å². The van der Waals surface area contributed by atoms with Crippen LogP contribution in [0.25, 0.3) is 0 Å². The number of carboxylic acids is 1. The number of anilines is 1. The molecule has 0 saturated heterocycles. The molecule has 5 heteroatoms. The third-order valence-corrected chi connectivity index (χ3v) is 2.49. The van der Waals surface area contributed by atoms with Crippen molar-refractivity contribution in [3.8, 4) is 0 Å². The Labute approximate surface area is 106 Å². The minimum absolute atomic E-state index is 0.119. The zero-order valence-corrected chi connectivity index (χ0v) is 10.6. The van der Waals surface area contributed by atoms with Crippen molar-refractivity contribution in [2.24, 2.45) is 0 Å². The van der Waals surface area contributed by atoms with E-state index in [0.29, 0.717) is 5.69 Å². The van der Waals surface area contributed by atoms with E-state index in [1.807, 2.05) is 6.92 Å². The molecule has 18 heavy (non-hydrogen) atoms. The lowest BCUT2D eigenvalue weighted by atomic mass is 10.2. The summed E-state index contributed by atoms with van der Waals surface area (Å²) in [7, 11) is 0. The van der Waals surface area contributed by atoms with Crippen molar-refractivity contribution in [2.45, 2.75) is 32.7 Å². The molecule has 98 valence electrons. The number of carbonyl (C=O) groups is 2. The molecule has 0 radical (unpaired) electrons. The molecular weight excluding hydrogens is 232 g/mol. The molecular formula is C13H18N2O3. The monoisotopic (exact) mass is 250 g/mol. The topological polar surface area (TPSA) is 78.4 Å². The van der Waals surface area contributed by atoms with Crippen LogP contribution in [-0.4, -0.2) is 23.1 Å². The number of urea groups is 1. The average molecular weight is 250 g/mol. The number of hydrogen-bond acceptors (Lipinski definition) is 2. The van der Waals surface area contributed by atoms with Crippen LogP contribution in [0.3, 0.4) is 0 Å². The second-order valence-electron chi connectivity index (χ2n) is 4.17. The molecule has 0 spiro atoms. The maximum Gasteiger partial charge on any atom is 0.335 e. The zero-order chi connectivity index (χ0) is 13.5. The van der Waals surface area contributed by atoms with Gasteiger partial charge in [-0.05, 0) is 37.6 Å².